The maximum atomic E-state index is 2.32. The molecule has 120 valence electrons. The van der Waals surface area contributed by atoms with Crippen LogP contribution in [0.15, 0.2) is 60.7 Å². The zero-order valence-electron chi connectivity index (χ0n) is 14.6. The lowest BCUT2D eigenvalue weighted by Crippen LogP contribution is -2.04. The molecule has 0 nitrogen and oxygen atoms in total. The third-order valence-corrected chi connectivity index (χ3v) is 3.75. The molecule has 1 aromatic carbocycles. The third-order valence-electron chi connectivity index (χ3n) is 3.75. The van der Waals surface area contributed by atoms with Gasteiger partial charge >= 0.3 is 0 Å². The topological polar surface area (TPSA) is 0 Å². The van der Waals surface area contributed by atoms with E-state index in [-0.39, 0.29) is 5.41 Å². The predicted molar refractivity (Wildman–Crippen MR) is 101 cm³/mol. The van der Waals surface area contributed by atoms with E-state index < -0.39 is 0 Å². The van der Waals surface area contributed by atoms with Crippen molar-refractivity contribution >= 4 is 6.08 Å². The van der Waals surface area contributed by atoms with Crippen molar-refractivity contribution in [3.8, 4) is 0 Å². The summed E-state index contributed by atoms with van der Waals surface area (Å²) in [5, 5.41) is 0. The molecule has 0 amide bonds. The number of benzene rings is 1. The van der Waals surface area contributed by atoms with Gasteiger partial charge in [0.05, 0.1) is 0 Å². The molecule has 1 aromatic rings. The molecule has 0 atom stereocenters. The van der Waals surface area contributed by atoms with Crippen molar-refractivity contribution in [2.24, 2.45) is 5.41 Å². The van der Waals surface area contributed by atoms with Crippen LogP contribution >= 0.6 is 0 Å². The zero-order chi connectivity index (χ0) is 16.1. The van der Waals surface area contributed by atoms with Gasteiger partial charge in [-0.3, -0.25) is 0 Å². The molecule has 1 rings (SSSR count). The first-order valence-electron chi connectivity index (χ1n) is 8.68. The average Bonchev–Trinajstić information content (AvgIpc) is 2.52. The first kappa shape index (κ1) is 18.5. The quantitative estimate of drug-likeness (QED) is 0.316. The van der Waals surface area contributed by atoms with Gasteiger partial charge in [0.2, 0.25) is 0 Å². The molecular weight excluding hydrogens is 264 g/mol. The van der Waals surface area contributed by atoms with Crippen LogP contribution in [-0.2, 0) is 0 Å². The molecule has 0 aliphatic heterocycles. The van der Waals surface area contributed by atoms with Crippen molar-refractivity contribution in [2.45, 2.75) is 59.3 Å². The van der Waals surface area contributed by atoms with Gasteiger partial charge in [-0.25, -0.2) is 0 Å². The molecule has 0 heterocycles. The summed E-state index contributed by atoms with van der Waals surface area (Å²) >= 11 is 0. The Hall–Kier alpha value is -1.56. The fourth-order valence-electron chi connectivity index (χ4n) is 2.24. The van der Waals surface area contributed by atoms with Gasteiger partial charge in [-0.1, -0.05) is 100 Å². The van der Waals surface area contributed by atoms with E-state index in [9.17, 15) is 0 Å². The molecule has 0 saturated carbocycles. The van der Waals surface area contributed by atoms with E-state index in [1.807, 2.05) is 0 Å². The maximum absolute atomic E-state index is 2.32. The van der Waals surface area contributed by atoms with E-state index in [0.29, 0.717) is 0 Å². The van der Waals surface area contributed by atoms with Crippen LogP contribution in [0.3, 0.4) is 0 Å². The van der Waals surface area contributed by atoms with Gasteiger partial charge in [0.25, 0.3) is 0 Å². The highest BCUT2D eigenvalue weighted by molar-refractivity contribution is 5.49. The number of unbranched alkanes of at least 4 members (excludes halogenated alkanes) is 3. The van der Waals surface area contributed by atoms with Crippen LogP contribution in [0.5, 0.6) is 0 Å². The van der Waals surface area contributed by atoms with Gasteiger partial charge in [0.1, 0.15) is 0 Å². The predicted octanol–water partition coefficient (Wildman–Crippen LogP) is 7.20. The molecule has 0 bridgehead atoms. The van der Waals surface area contributed by atoms with Crippen LogP contribution in [0.1, 0.15) is 64.9 Å². The monoisotopic (exact) mass is 296 g/mol. The molecule has 0 heteroatoms. The van der Waals surface area contributed by atoms with Crippen LogP contribution in [-0.4, -0.2) is 0 Å². The minimum absolute atomic E-state index is 0.206. The minimum Gasteiger partial charge on any atom is -0.0882 e. The Kier molecular flexibility index (Phi) is 9.30. The molecule has 0 N–H and O–H groups in total. The molecule has 0 aromatic heterocycles. The van der Waals surface area contributed by atoms with Crippen LogP contribution in [0.2, 0.25) is 0 Å². The highest BCUT2D eigenvalue weighted by Gasteiger charge is 2.10. The number of hydrogen-bond acceptors (Lipinski definition) is 0. The van der Waals surface area contributed by atoms with Gasteiger partial charge in [-0.15, -0.1) is 0 Å². The third kappa shape index (κ3) is 9.39. The van der Waals surface area contributed by atoms with Gasteiger partial charge in [0, 0.05) is 0 Å². The fourth-order valence-corrected chi connectivity index (χ4v) is 2.24. The highest BCUT2D eigenvalue weighted by Crippen LogP contribution is 2.24. The number of rotatable bonds is 10. The SMILES string of the molecule is CCCCC/C=C\C/C=C\CC(C)(C)/C=C/c1ccccc1. The van der Waals surface area contributed by atoms with Gasteiger partial charge in [-0.2, -0.15) is 0 Å². The first-order chi connectivity index (χ1) is 10.6. The van der Waals surface area contributed by atoms with Crippen LogP contribution in [0.4, 0.5) is 0 Å². The smallest absolute Gasteiger partial charge is 0.0137 e. The van der Waals surface area contributed by atoms with E-state index in [0.717, 1.165) is 12.8 Å². The second-order valence-corrected chi connectivity index (χ2v) is 6.61. The van der Waals surface area contributed by atoms with Crippen molar-refractivity contribution in [2.75, 3.05) is 0 Å². The molecule has 0 fully saturated rings. The second-order valence-electron chi connectivity index (χ2n) is 6.61. The molecule has 22 heavy (non-hydrogen) atoms. The Bertz CT molecular complexity index is 460. The number of hydrogen-bond donors (Lipinski definition) is 0. The molecule has 0 saturated heterocycles. The van der Waals surface area contributed by atoms with Crippen LogP contribution < -0.4 is 0 Å². The summed E-state index contributed by atoms with van der Waals surface area (Å²) in [6.45, 7) is 6.83. The van der Waals surface area contributed by atoms with Crippen molar-refractivity contribution in [1.82, 2.24) is 0 Å². The Balaban J connectivity index is 2.27. The Morgan fingerprint density at radius 2 is 1.64 bits per heavy atom. The highest BCUT2D eigenvalue weighted by atomic mass is 14.2. The van der Waals surface area contributed by atoms with Gasteiger partial charge in [0.15, 0.2) is 0 Å². The summed E-state index contributed by atoms with van der Waals surface area (Å²) in [4.78, 5) is 0. The van der Waals surface area contributed by atoms with Crippen LogP contribution in [0.25, 0.3) is 6.08 Å². The van der Waals surface area contributed by atoms with Gasteiger partial charge < -0.3 is 0 Å². The summed E-state index contributed by atoms with van der Waals surface area (Å²) < 4.78 is 0. The molecule has 0 aliphatic rings. The lowest BCUT2D eigenvalue weighted by atomic mass is 9.88. The maximum Gasteiger partial charge on any atom is -0.0137 e. The molecular formula is C22H32. The summed E-state index contributed by atoms with van der Waals surface area (Å²) in [5.41, 5.74) is 1.48. The Morgan fingerprint density at radius 1 is 0.909 bits per heavy atom. The summed E-state index contributed by atoms with van der Waals surface area (Å²) in [6.07, 6.45) is 21.1. The van der Waals surface area contributed by atoms with Crippen molar-refractivity contribution in [3.05, 3.63) is 66.3 Å². The Morgan fingerprint density at radius 3 is 2.36 bits per heavy atom. The lowest BCUT2D eigenvalue weighted by Gasteiger charge is -2.17. The largest absolute Gasteiger partial charge is 0.0882 e. The first-order valence-corrected chi connectivity index (χ1v) is 8.68. The van der Waals surface area contributed by atoms with E-state index in [1.54, 1.807) is 0 Å². The summed E-state index contributed by atoms with van der Waals surface area (Å²) in [7, 11) is 0. The van der Waals surface area contributed by atoms with E-state index in [2.05, 4.69) is 87.6 Å². The van der Waals surface area contributed by atoms with Crippen molar-refractivity contribution in [3.63, 3.8) is 0 Å². The lowest BCUT2D eigenvalue weighted by molar-refractivity contribution is 0.491. The fraction of sp³-hybridized carbons (Fsp3) is 0.455. The molecule has 0 spiro atoms. The molecule has 0 radical (unpaired) electrons. The summed E-state index contributed by atoms with van der Waals surface area (Å²) in [6, 6.07) is 10.5. The van der Waals surface area contributed by atoms with E-state index in [1.165, 1.54) is 31.2 Å². The van der Waals surface area contributed by atoms with Gasteiger partial charge in [-0.05, 0) is 36.7 Å². The van der Waals surface area contributed by atoms with E-state index in [4.69, 9.17) is 0 Å². The van der Waals surface area contributed by atoms with Crippen LogP contribution in [0, 0.1) is 5.41 Å². The zero-order valence-corrected chi connectivity index (χ0v) is 14.6. The minimum atomic E-state index is 0.206. The second kappa shape index (κ2) is 11.1. The van der Waals surface area contributed by atoms with Crippen molar-refractivity contribution < 1.29 is 0 Å². The number of allylic oxidation sites excluding steroid dienone is 5. The van der Waals surface area contributed by atoms with Crippen molar-refractivity contribution in [1.29, 1.82) is 0 Å². The van der Waals surface area contributed by atoms with E-state index >= 15 is 0 Å². The standard InChI is InChI=1S/C22H32/c1-4-5-6-7-8-9-10-11-15-19-22(2,3)20-18-21-16-13-12-14-17-21/h8-9,11-18,20H,4-7,10,19H2,1-3H3/b9-8-,15-11-,20-18+. The Labute approximate surface area is 137 Å². The molecule has 0 unspecified atom stereocenters. The normalized spacial score (nSPS) is 12.9. The summed E-state index contributed by atoms with van der Waals surface area (Å²) in [5.74, 6) is 0. The molecule has 0 aliphatic carbocycles. The average molecular weight is 296 g/mol.